The van der Waals surface area contributed by atoms with E-state index in [0.717, 1.165) is 17.7 Å². The Kier molecular flexibility index (Phi) is 7.88. The Hall–Kier alpha value is -3.18. The molecule has 2 N–H and O–H groups in total. The number of likely N-dealkylation sites (N-methyl/N-ethyl adjacent to an activating group) is 1. The molecule has 2 aromatic carbocycles. The van der Waals surface area contributed by atoms with Crippen molar-refractivity contribution in [3.8, 4) is 5.75 Å². The van der Waals surface area contributed by atoms with Crippen molar-refractivity contribution in [1.29, 1.82) is 0 Å². The molecule has 2 amide bonds. The van der Waals surface area contributed by atoms with Gasteiger partial charge in [0, 0.05) is 12.5 Å². The molecule has 0 aliphatic rings. The summed E-state index contributed by atoms with van der Waals surface area (Å²) in [5.41, 5.74) is 0.0595. The Morgan fingerprint density at radius 2 is 1.85 bits per heavy atom. The standard InChI is InChI=1S/C22H24F3N5O2S/c1-14(15-7-5-4-6-8-15)19-28-29-21(33-19)27-20(31)26-17-13-16(22(23,24)25)9-10-18(17)32-12-11-30(2)3/h4-10,13-14H,11-12H2,1-3H3,(H2,26,27,29,31). The number of ether oxygens (including phenoxy) is 1. The highest BCUT2D eigenvalue weighted by Gasteiger charge is 2.31. The van der Waals surface area contributed by atoms with Gasteiger partial charge in [-0.3, -0.25) is 5.32 Å². The maximum absolute atomic E-state index is 13.2. The molecule has 0 fully saturated rings. The molecule has 0 aliphatic heterocycles. The lowest BCUT2D eigenvalue weighted by molar-refractivity contribution is -0.137. The molecule has 1 atom stereocenters. The van der Waals surface area contributed by atoms with Crippen molar-refractivity contribution in [1.82, 2.24) is 15.1 Å². The van der Waals surface area contributed by atoms with E-state index in [9.17, 15) is 18.0 Å². The molecule has 33 heavy (non-hydrogen) atoms. The lowest BCUT2D eigenvalue weighted by Crippen LogP contribution is -2.22. The molecular weight excluding hydrogens is 455 g/mol. The minimum Gasteiger partial charge on any atom is -0.490 e. The van der Waals surface area contributed by atoms with Gasteiger partial charge in [-0.25, -0.2) is 4.79 Å². The number of rotatable bonds is 8. The number of urea groups is 1. The number of hydrogen-bond donors (Lipinski definition) is 2. The number of benzene rings is 2. The van der Waals surface area contributed by atoms with Crippen LogP contribution in [0.2, 0.25) is 0 Å². The number of hydrogen-bond acceptors (Lipinski definition) is 6. The third-order valence-electron chi connectivity index (χ3n) is 4.68. The monoisotopic (exact) mass is 479 g/mol. The maximum atomic E-state index is 13.2. The molecule has 3 aromatic rings. The molecule has 0 saturated carbocycles. The average molecular weight is 480 g/mol. The highest BCUT2D eigenvalue weighted by Crippen LogP contribution is 2.35. The quantitative estimate of drug-likeness (QED) is 0.459. The zero-order valence-corrected chi connectivity index (χ0v) is 19.1. The van der Waals surface area contributed by atoms with E-state index in [2.05, 4.69) is 20.8 Å². The number of nitrogens with one attached hydrogen (secondary N) is 2. The third kappa shape index (κ3) is 6.90. The normalized spacial score (nSPS) is 12.5. The number of anilines is 2. The highest BCUT2D eigenvalue weighted by molar-refractivity contribution is 7.15. The van der Waals surface area contributed by atoms with Gasteiger partial charge in [0.2, 0.25) is 5.13 Å². The summed E-state index contributed by atoms with van der Waals surface area (Å²) < 4.78 is 45.1. The molecule has 1 heterocycles. The zero-order chi connectivity index (χ0) is 24.0. The number of halogens is 3. The van der Waals surface area contributed by atoms with Gasteiger partial charge < -0.3 is 15.0 Å². The summed E-state index contributed by atoms with van der Waals surface area (Å²) in [5, 5.41) is 14.0. The van der Waals surface area contributed by atoms with E-state index in [1.165, 1.54) is 17.4 Å². The molecular formula is C22H24F3N5O2S. The van der Waals surface area contributed by atoms with Crippen LogP contribution in [0.5, 0.6) is 5.75 Å². The highest BCUT2D eigenvalue weighted by atomic mass is 32.1. The molecule has 0 aliphatic carbocycles. The first kappa shape index (κ1) is 24.5. The van der Waals surface area contributed by atoms with Crippen molar-refractivity contribution in [2.24, 2.45) is 0 Å². The van der Waals surface area contributed by atoms with Crippen molar-refractivity contribution in [3.05, 3.63) is 64.7 Å². The van der Waals surface area contributed by atoms with Crippen LogP contribution in [0.4, 0.5) is 28.8 Å². The van der Waals surface area contributed by atoms with E-state index >= 15 is 0 Å². The van der Waals surface area contributed by atoms with E-state index in [1.54, 1.807) is 0 Å². The summed E-state index contributed by atoms with van der Waals surface area (Å²) >= 11 is 1.19. The predicted octanol–water partition coefficient (Wildman–Crippen LogP) is 5.29. The summed E-state index contributed by atoms with van der Waals surface area (Å²) in [7, 11) is 3.69. The number of carbonyl (C=O) groups is 1. The molecule has 0 spiro atoms. The summed E-state index contributed by atoms with van der Waals surface area (Å²) in [6.45, 7) is 2.77. The molecule has 0 bridgehead atoms. The number of alkyl halides is 3. The summed E-state index contributed by atoms with van der Waals surface area (Å²) in [6.07, 6.45) is -4.56. The van der Waals surface area contributed by atoms with Gasteiger partial charge in [-0.15, -0.1) is 10.2 Å². The van der Waals surface area contributed by atoms with E-state index < -0.39 is 17.8 Å². The van der Waals surface area contributed by atoms with Gasteiger partial charge in [0.15, 0.2) is 0 Å². The summed E-state index contributed by atoms with van der Waals surface area (Å²) in [6, 6.07) is 11.9. The Morgan fingerprint density at radius 1 is 1.12 bits per heavy atom. The zero-order valence-electron chi connectivity index (χ0n) is 18.3. The fourth-order valence-electron chi connectivity index (χ4n) is 2.86. The Bertz CT molecular complexity index is 1070. The van der Waals surface area contributed by atoms with E-state index in [4.69, 9.17) is 4.74 Å². The lowest BCUT2D eigenvalue weighted by Gasteiger charge is -2.16. The van der Waals surface area contributed by atoms with Gasteiger partial charge in [0.05, 0.1) is 11.3 Å². The second-order valence-electron chi connectivity index (χ2n) is 7.52. The van der Waals surface area contributed by atoms with Crippen molar-refractivity contribution >= 4 is 28.2 Å². The first-order valence-corrected chi connectivity index (χ1v) is 10.9. The Morgan fingerprint density at radius 3 is 2.52 bits per heavy atom. The first-order valence-electron chi connectivity index (χ1n) is 10.1. The van der Waals surface area contributed by atoms with Gasteiger partial charge in [0.1, 0.15) is 17.4 Å². The van der Waals surface area contributed by atoms with Crippen molar-refractivity contribution in [2.45, 2.75) is 19.0 Å². The molecule has 0 saturated heterocycles. The van der Waals surface area contributed by atoms with E-state index in [0.29, 0.717) is 11.6 Å². The van der Waals surface area contributed by atoms with Crippen LogP contribution in [0, 0.1) is 0 Å². The number of aromatic nitrogens is 2. The first-order chi connectivity index (χ1) is 15.6. The van der Waals surface area contributed by atoms with Crippen LogP contribution in [0.25, 0.3) is 0 Å². The molecule has 1 unspecified atom stereocenters. The van der Waals surface area contributed by atoms with Crippen molar-refractivity contribution in [3.63, 3.8) is 0 Å². The second-order valence-corrected chi connectivity index (χ2v) is 8.53. The minimum atomic E-state index is -4.56. The van der Waals surface area contributed by atoms with Crippen LogP contribution in [-0.2, 0) is 6.18 Å². The fourth-order valence-corrected chi connectivity index (χ4v) is 3.68. The molecule has 7 nitrogen and oxygen atoms in total. The Balaban J connectivity index is 1.71. The number of carbonyl (C=O) groups excluding carboxylic acids is 1. The van der Waals surface area contributed by atoms with Crippen LogP contribution in [-0.4, -0.2) is 48.4 Å². The van der Waals surface area contributed by atoms with Gasteiger partial charge in [-0.05, 0) is 37.9 Å². The van der Waals surface area contributed by atoms with Crippen LogP contribution >= 0.6 is 11.3 Å². The number of amides is 2. The average Bonchev–Trinajstić information content (AvgIpc) is 3.22. The molecule has 1 aromatic heterocycles. The second kappa shape index (κ2) is 10.6. The van der Waals surface area contributed by atoms with Crippen molar-refractivity contribution < 1.29 is 22.7 Å². The smallest absolute Gasteiger partial charge is 0.416 e. The van der Waals surface area contributed by atoms with Crippen LogP contribution in [0.15, 0.2) is 48.5 Å². The lowest BCUT2D eigenvalue weighted by atomic mass is 10.0. The minimum absolute atomic E-state index is 0.0255. The molecule has 176 valence electrons. The van der Waals surface area contributed by atoms with Crippen molar-refractivity contribution in [2.75, 3.05) is 37.9 Å². The van der Waals surface area contributed by atoms with Crippen LogP contribution in [0.3, 0.4) is 0 Å². The molecule has 11 heteroatoms. The SMILES string of the molecule is CC(c1ccccc1)c1nnc(NC(=O)Nc2cc(C(F)(F)F)ccc2OCCN(C)C)s1. The molecule has 3 rings (SSSR count). The van der Waals surface area contributed by atoms with Gasteiger partial charge in [-0.1, -0.05) is 48.6 Å². The van der Waals surface area contributed by atoms with Crippen LogP contribution in [0.1, 0.15) is 29.0 Å². The summed E-state index contributed by atoms with van der Waals surface area (Å²) in [4.78, 5) is 14.4. The number of nitrogens with zero attached hydrogens (tertiary/aromatic N) is 3. The largest absolute Gasteiger partial charge is 0.490 e. The Labute approximate surface area is 193 Å². The van der Waals surface area contributed by atoms with Gasteiger partial charge in [0.25, 0.3) is 0 Å². The van der Waals surface area contributed by atoms with Gasteiger partial charge in [-0.2, -0.15) is 13.2 Å². The maximum Gasteiger partial charge on any atom is 0.416 e. The third-order valence-corrected chi connectivity index (χ3v) is 5.70. The summed E-state index contributed by atoms with van der Waals surface area (Å²) in [5.74, 6) is 0.109. The predicted molar refractivity (Wildman–Crippen MR) is 122 cm³/mol. The fraction of sp³-hybridized carbons (Fsp3) is 0.318. The van der Waals surface area contributed by atoms with Gasteiger partial charge >= 0.3 is 12.2 Å². The molecule has 0 radical (unpaired) electrons. The van der Waals surface area contributed by atoms with Crippen LogP contribution < -0.4 is 15.4 Å². The van der Waals surface area contributed by atoms with E-state index in [1.807, 2.05) is 56.3 Å². The van der Waals surface area contributed by atoms with E-state index in [-0.39, 0.29) is 29.1 Å². The topological polar surface area (TPSA) is 79.4 Å².